The topological polar surface area (TPSA) is 112 Å². The Bertz CT molecular complexity index is 1270. The molecule has 3 unspecified atom stereocenters. The largest absolute Gasteiger partial charge is 0.426 e. The number of hydrogen-bond acceptors (Lipinski definition) is 7. The molecule has 1 aromatic heterocycles. The predicted octanol–water partition coefficient (Wildman–Crippen LogP) is 5.02. The first kappa shape index (κ1) is 33.5. The van der Waals surface area contributed by atoms with E-state index in [1.54, 1.807) is 6.07 Å². The third-order valence-corrected chi connectivity index (χ3v) is 7.35. The van der Waals surface area contributed by atoms with Crippen LogP contribution in [0.2, 0.25) is 5.02 Å². The number of aryl methyl sites for hydroxylation is 1. The molecule has 39 heavy (non-hydrogen) atoms. The molecular formula is C26H38BClFN2O7P. The molecular weight excluding hydrogens is 549 g/mol. The molecule has 0 amide bonds. The zero-order chi connectivity index (χ0) is 29.9. The first-order valence-electron chi connectivity index (χ1n) is 12.7. The highest BCUT2D eigenvalue weighted by Crippen LogP contribution is 2.54. The van der Waals surface area contributed by atoms with E-state index in [-0.39, 0.29) is 30.2 Å². The second kappa shape index (κ2) is 12.8. The SMILES string of the molecule is CC.[B]C(O)(OP1OCc2c(F)c(C(C)(C)C)cc(C(C)(C)C)c2O1)C(CCn1cc(Cl)c(=O)[nH]c1=O)OC. The number of halogens is 2. The fourth-order valence-corrected chi connectivity index (χ4v) is 5.13. The Balaban J connectivity index is 0.00000260. The number of aromatic nitrogens is 2. The van der Waals surface area contributed by atoms with Gasteiger partial charge in [-0.15, -0.1) is 0 Å². The van der Waals surface area contributed by atoms with Crippen LogP contribution in [0.15, 0.2) is 21.9 Å². The number of nitrogens with one attached hydrogen (secondary N) is 1. The van der Waals surface area contributed by atoms with Crippen LogP contribution in [0.5, 0.6) is 5.75 Å². The Kier molecular flexibility index (Phi) is 11.0. The highest BCUT2D eigenvalue weighted by molar-refractivity contribution is 7.42. The Hall–Kier alpha value is -1.75. The molecule has 0 saturated carbocycles. The molecule has 2 radical (unpaired) electrons. The number of aliphatic hydroxyl groups is 1. The predicted molar refractivity (Wildman–Crippen MR) is 151 cm³/mol. The number of H-pyrrole nitrogens is 1. The lowest BCUT2D eigenvalue weighted by molar-refractivity contribution is -0.161. The first-order valence-corrected chi connectivity index (χ1v) is 14.1. The van der Waals surface area contributed by atoms with Crippen molar-refractivity contribution in [3.8, 4) is 5.75 Å². The summed E-state index contributed by atoms with van der Waals surface area (Å²) in [7, 11) is 5.10. The van der Waals surface area contributed by atoms with Crippen LogP contribution >= 0.6 is 20.2 Å². The van der Waals surface area contributed by atoms with Gasteiger partial charge >= 0.3 is 14.3 Å². The van der Waals surface area contributed by atoms with Gasteiger partial charge in [-0.2, -0.15) is 0 Å². The van der Waals surface area contributed by atoms with E-state index < -0.39 is 48.3 Å². The van der Waals surface area contributed by atoms with Crippen LogP contribution in [0.3, 0.4) is 0 Å². The van der Waals surface area contributed by atoms with E-state index in [1.807, 2.05) is 55.4 Å². The molecule has 3 atom stereocenters. The van der Waals surface area contributed by atoms with E-state index in [0.717, 1.165) is 10.1 Å². The summed E-state index contributed by atoms with van der Waals surface area (Å²) in [4.78, 5) is 25.6. The lowest BCUT2D eigenvalue weighted by Crippen LogP contribution is -2.47. The average molecular weight is 587 g/mol. The second-order valence-corrected chi connectivity index (χ2v) is 12.4. The maximum Gasteiger partial charge on any atom is 0.399 e. The van der Waals surface area contributed by atoms with Crippen molar-refractivity contribution in [3.63, 3.8) is 0 Å². The normalized spacial score (nSPS) is 17.8. The smallest absolute Gasteiger partial charge is 0.399 e. The fourth-order valence-electron chi connectivity index (χ4n) is 3.87. The molecule has 1 aromatic carbocycles. The summed E-state index contributed by atoms with van der Waals surface area (Å²) < 4.78 is 39.1. The molecule has 9 nitrogen and oxygen atoms in total. The first-order chi connectivity index (χ1) is 18.0. The van der Waals surface area contributed by atoms with Crippen molar-refractivity contribution >= 4 is 28.0 Å². The molecule has 1 aliphatic rings. The van der Waals surface area contributed by atoms with Crippen molar-refractivity contribution in [2.75, 3.05) is 7.11 Å². The van der Waals surface area contributed by atoms with Gasteiger partial charge in [-0.25, -0.2) is 9.18 Å². The number of fused-ring (bicyclic) bond motifs is 1. The van der Waals surface area contributed by atoms with Gasteiger partial charge in [0, 0.05) is 25.4 Å². The van der Waals surface area contributed by atoms with Gasteiger partial charge in [-0.3, -0.25) is 23.4 Å². The zero-order valence-corrected chi connectivity index (χ0v) is 25.6. The van der Waals surface area contributed by atoms with Gasteiger partial charge in [0.1, 0.15) is 22.7 Å². The Morgan fingerprint density at radius 1 is 1.21 bits per heavy atom. The number of ether oxygens (including phenoxy) is 1. The molecule has 0 bridgehead atoms. The number of rotatable bonds is 7. The number of aromatic amines is 1. The maximum absolute atomic E-state index is 15.5. The lowest BCUT2D eigenvalue weighted by Gasteiger charge is -2.37. The summed E-state index contributed by atoms with van der Waals surface area (Å²) in [5.41, 5.74) is -3.03. The van der Waals surface area contributed by atoms with Crippen molar-refractivity contribution in [2.45, 2.75) is 97.6 Å². The van der Waals surface area contributed by atoms with Crippen LogP contribution in [0, 0.1) is 5.82 Å². The van der Waals surface area contributed by atoms with E-state index in [0.29, 0.717) is 11.3 Å². The summed E-state index contributed by atoms with van der Waals surface area (Å²) >= 11 is 5.79. The minimum absolute atomic E-state index is 0.00233. The zero-order valence-electron chi connectivity index (χ0n) is 24.0. The number of hydrogen-bond donors (Lipinski definition) is 2. The number of nitrogens with zero attached hydrogens (tertiary/aromatic N) is 1. The average Bonchev–Trinajstić information content (AvgIpc) is 2.82. The number of methoxy groups -OCH3 is 1. The van der Waals surface area contributed by atoms with Crippen molar-refractivity contribution < 1.29 is 27.8 Å². The summed E-state index contributed by atoms with van der Waals surface area (Å²) in [6.07, 6.45) is 0.0417. The van der Waals surface area contributed by atoms with E-state index in [4.69, 9.17) is 37.8 Å². The van der Waals surface area contributed by atoms with Crippen molar-refractivity contribution in [3.05, 3.63) is 60.6 Å². The molecule has 1 aliphatic heterocycles. The second-order valence-electron chi connectivity index (χ2n) is 11.0. The van der Waals surface area contributed by atoms with E-state index in [9.17, 15) is 14.7 Å². The lowest BCUT2D eigenvalue weighted by atomic mass is 9.78. The minimum Gasteiger partial charge on any atom is -0.426 e. The van der Waals surface area contributed by atoms with Crippen LogP contribution in [0.1, 0.15) is 78.5 Å². The monoisotopic (exact) mass is 586 g/mol. The van der Waals surface area contributed by atoms with Crippen LogP contribution < -0.4 is 15.8 Å². The van der Waals surface area contributed by atoms with Gasteiger partial charge in [0.05, 0.1) is 12.2 Å². The van der Waals surface area contributed by atoms with Crippen LogP contribution in [-0.2, 0) is 37.8 Å². The van der Waals surface area contributed by atoms with E-state index in [1.165, 1.54) is 13.3 Å². The summed E-state index contributed by atoms with van der Waals surface area (Å²) in [6, 6.07) is 1.80. The Labute approximate surface area is 236 Å². The molecule has 0 spiro atoms. The van der Waals surface area contributed by atoms with Gasteiger partial charge in [0.25, 0.3) is 5.56 Å². The van der Waals surface area contributed by atoms with Gasteiger partial charge in [0.2, 0.25) is 0 Å². The molecule has 216 valence electrons. The molecule has 0 fully saturated rings. The standard InChI is InChI=1S/C24H32BClFN2O7P.C2H6/c1-22(2,3)14-10-15(23(4,5)6)19-13(18(14)27)12-34-37(35-19)36-24(25,32)17(33-7)8-9-29-11-16(26)20(30)28-21(29)31;1-2/h10-11,17,32H,8-9,12H2,1-7H3,(H,28,30,31);1-2H3. The van der Waals surface area contributed by atoms with Crippen molar-refractivity contribution in [1.29, 1.82) is 0 Å². The Morgan fingerprint density at radius 2 is 1.79 bits per heavy atom. The molecule has 13 heteroatoms. The van der Waals surface area contributed by atoms with Gasteiger partial charge in [-0.1, -0.05) is 67.0 Å². The molecule has 2 heterocycles. The molecule has 2 N–H and O–H groups in total. The minimum atomic E-state index is -2.39. The van der Waals surface area contributed by atoms with Crippen LogP contribution in [0.25, 0.3) is 0 Å². The van der Waals surface area contributed by atoms with Gasteiger partial charge in [-0.05, 0) is 28.9 Å². The highest BCUT2D eigenvalue weighted by atomic mass is 35.5. The van der Waals surface area contributed by atoms with E-state index in [2.05, 4.69) is 4.98 Å². The van der Waals surface area contributed by atoms with Crippen molar-refractivity contribution in [2.24, 2.45) is 0 Å². The number of benzene rings is 1. The fraction of sp³-hybridized carbons (Fsp3) is 0.615. The molecule has 0 saturated heterocycles. The van der Waals surface area contributed by atoms with Gasteiger partial charge < -0.3 is 14.4 Å². The van der Waals surface area contributed by atoms with Crippen LogP contribution in [-0.4, -0.2) is 41.4 Å². The van der Waals surface area contributed by atoms with E-state index >= 15 is 4.39 Å². The van der Waals surface area contributed by atoms with Crippen molar-refractivity contribution in [1.82, 2.24) is 9.55 Å². The third kappa shape index (κ3) is 7.93. The van der Waals surface area contributed by atoms with Gasteiger partial charge in [0.15, 0.2) is 13.5 Å². The summed E-state index contributed by atoms with van der Waals surface area (Å²) in [5, 5.41) is 10.7. The quantitative estimate of drug-likeness (QED) is 0.266. The maximum atomic E-state index is 15.5. The molecule has 3 rings (SSSR count). The third-order valence-electron chi connectivity index (χ3n) is 5.97. The highest BCUT2D eigenvalue weighted by Gasteiger charge is 2.41. The van der Waals surface area contributed by atoms with Crippen LogP contribution in [0.4, 0.5) is 4.39 Å². The summed E-state index contributed by atoms with van der Waals surface area (Å²) in [6.45, 7) is 15.6. The molecule has 2 aromatic rings. The summed E-state index contributed by atoms with van der Waals surface area (Å²) in [5.74, 6) is -0.109. The Morgan fingerprint density at radius 3 is 2.33 bits per heavy atom. The molecule has 0 aliphatic carbocycles.